The van der Waals surface area contributed by atoms with Gasteiger partial charge in [-0.2, -0.15) is 0 Å². The van der Waals surface area contributed by atoms with Gasteiger partial charge in [-0.1, -0.05) is 0 Å². The van der Waals surface area contributed by atoms with E-state index in [9.17, 15) is 0 Å². The Kier molecular flexibility index (Phi) is 4.89. The van der Waals surface area contributed by atoms with Crippen molar-refractivity contribution in [3.8, 4) is 11.1 Å². The predicted octanol–water partition coefficient (Wildman–Crippen LogP) is 6.87. The molecule has 2 aliphatic rings. The third-order valence-electron chi connectivity index (χ3n) is 6.57. The molecule has 127 valence electrons. The van der Waals surface area contributed by atoms with E-state index in [-0.39, 0.29) is 0 Å². The molecule has 2 aromatic rings. The Morgan fingerprint density at radius 1 is 1.04 bits per heavy atom. The number of allylic oxidation sites excluding steroid dienone is 1. The fraction of sp³-hybridized carbons (Fsp3) is 0.417. The van der Waals surface area contributed by atoms with E-state index in [0.717, 1.165) is 6.42 Å². The molecule has 1 heteroatoms. The van der Waals surface area contributed by atoms with Gasteiger partial charge in [0.05, 0.1) is 0 Å². The molecule has 0 nitrogen and oxygen atoms in total. The van der Waals surface area contributed by atoms with Gasteiger partial charge >= 0.3 is 168 Å². The molecule has 1 atom stereocenters. The first-order chi connectivity index (χ1) is 12.2. The number of fused-ring (bicyclic) bond motifs is 1. The van der Waals surface area contributed by atoms with Crippen molar-refractivity contribution in [3.05, 3.63) is 64.7 Å². The van der Waals surface area contributed by atoms with Gasteiger partial charge in [0.1, 0.15) is 0 Å². The summed E-state index contributed by atoms with van der Waals surface area (Å²) in [5, 5.41) is 0. The summed E-state index contributed by atoms with van der Waals surface area (Å²) in [4.78, 5) is 0. The average molecular weight is 407 g/mol. The molecule has 1 fully saturated rings. The predicted molar refractivity (Wildman–Crippen MR) is 103 cm³/mol. The van der Waals surface area contributed by atoms with Crippen molar-refractivity contribution in [2.45, 2.75) is 56.0 Å². The zero-order valence-electron chi connectivity index (χ0n) is 15.4. The van der Waals surface area contributed by atoms with E-state index in [0.29, 0.717) is 9.04 Å². The van der Waals surface area contributed by atoms with Crippen LogP contribution in [0.25, 0.3) is 17.2 Å². The normalized spacial score (nSPS) is 20.7. The summed E-state index contributed by atoms with van der Waals surface area (Å²) in [5.41, 5.74) is 9.58. The van der Waals surface area contributed by atoms with Crippen molar-refractivity contribution in [3.63, 3.8) is 0 Å². The summed E-state index contributed by atoms with van der Waals surface area (Å²) in [6, 6.07) is 16.1. The molecule has 0 heterocycles. The number of benzene rings is 2. The molecule has 0 bridgehead atoms. The molecule has 0 N–H and O–H groups in total. The third kappa shape index (κ3) is 3.14. The quantitative estimate of drug-likeness (QED) is 0.508. The van der Waals surface area contributed by atoms with Crippen LogP contribution in [0, 0.1) is 5.41 Å². The molecule has 2 aliphatic carbocycles. The van der Waals surface area contributed by atoms with E-state index in [1.807, 2.05) is 0 Å². The monoisotopic (exact) mass is 405 g/mol. The van der Waals surface area contributed by atoms with Gasteiger partial charge in [0.25, 0.3) is 0 Å². The Hall–Kier alpha value is -0.937. The van der Waals surface area contributed by atoms with Crippen molar-refractivity contribution >= 4 is 6.08 Å². The van der Waals surface area contributed by atoms with Crippen molar-refractivity contribution in [1.82, 2.24) is 0 Å². The van der Waals surface area contributed by atoms with E-state index in [4.69, 9.17) is 0 Å². The van der Waals surface area contributed by atoms with Crippen LogP contribution in [0.5, 0.6) is 0 Å². The van der Waals surface area contributed by atoms with Crippen molar-refractivity contribution in [2.24, 2.45) is 5.41 Å². The molecular formula is C24H27Zr. The Balaban J connectivity index is 1.69. The Morgan fingerprint density at radius 2 is 1.80 bits per heavy atom. The van der Waals surface area contributed by atoms with Crippen LogP contribution in [0.4, 0.5) is 0 Å². The van der Waals surface area contributed by atoms with Gasteiger partial charge in [0.2, 0.25) is 0 Å². The first kappa shape index (κ1) is 17.5. The van der Waals surface area contributed by atoms with E-state index in [1.165, 1.54) is 54.4 Å². The summed E-state index contributed by atoms with van der Waals surface area (Å²) in [6.07, 6.45) is 10.6. The summed E-state index contributed by atoms with van der Waals surface area (Å²) in [5.74, 6) is 0. The fourth-order valence-electron chi connectivity index (χ4n) is 4.55. The van der Waals surface area contributed by atoms with Crippen LogP contribution >= 0.6 is 0 Å². The molecular weight excluding hydrogens is 379 g/mol. The SMILES string of the molecule is CCc1ccc(-c2cccc3c2C=C(CC2(CC)CCC2)[CH]3[Zr])cc1. The van der Waals surface area contributed by atoms with Gasteiger partial charge in [0.15, 0.2) is 0 Å². The summed E-state index contributed by atoms with van der Waals surface area (Å²) < 4.78 is 0.668. The van der Waals surface area contributed by atoms with Gasteiger partial charge in [-0.3, -0.25) is 0 Å². The van der Waals surface area contributed by atoms with Crippen LogP contribution in [0.1, 0.15) is 66.3 Å². The molecule has 0 aliphatic heterocycles. The standard InChI is InChI=1S/C24H27.Zr/c1-3-18-9-11-20(12-10-18)22-8-5-7-21-15-19(16-23(21)22)17-24(4-2)13-6-14-24;/h5,7-12,15-16H,3-4,6,13-14,17H2,1-2H3;. The van der Waals surface area contributed by atoms with E-state index in [2.05, 4.69) is 62.4 Å². The van der Waals surface area contributed by atoms with Gasteiger partial charge < -0.3 is 0 Å². The summed E-state index contributed by atoms with van der Waals surface area (Å²) >= 11 is 1.64. The van der Waals surface area contributed by atoms with Crippen LogP contribution in [-0.4, -0.2) is 0 Å². The maximum atomic E-state index is 2.55. The van der Waals surface area contributed by atoms with Crippen LogP contribution in [0.2, 0.25) is 0 Å². The number of hydrogen-bond acceptors (Lipinski definition) is 0. The van der Waals surface area contributed by atoms with Crippen LogP contribution in [0.3, 0.4) is 0 Å². The fourth-order valence-corrected chi connectivity index (χ4v) is 5.63. The van der Waals surface area contributed by atoms with Crippen LogP contribution in [0.15, 0.2) is 48.0 Å². The minimum atomic E-state index is 0.617. The van der Waals surface area contributed by atoms with Gasteiger partial charge in [-0.25, -0.2) is 0 Å². The van der Waals surface area contributed by atoms with Gasteiger partial charge in [-0.05, 0) is 0 Å². The first-order valence-electron chi connectivity index (χ1n) is 9.79. The van der Waals surface area contributed by atoms with Gasteiger partial charge in [-0.15, -0.1) is 0 Å². The Bertz CT molecular complexity index is 788. The number of rotatable bonds is 5. The zero-order chi connectivity index (χ0) is 17.4. The van der Waals surface area contributed by atoms with E-state index in [1.54, 1.807) is 35.9 Å². The van der Waals surface area contributed by atoms with Gasteiger partial charge in [0, 0.05) is 0 Å². The molecule has 1 saturated carbocycles. The molecule has 0 radical (unpaired) electrons. The first-order valence-corrected chi connectivity index (χ1v) is 11.2. The van der Waals surface area contributed by atoms with Crippen molar-refractivity contribution in [1.29, 1.82) is 0 Å². The molecule has 0 aromatic heterocycles. The molecule has 4 rings (SSSR count). The van der Waals surface area contributed by atoms with E-state index < -0.39 is 0 Å². The molecule has 0 saturated heterocycles. The zero-order valence-corrected chi connectivity index (χ0v) is 17.9. The summed E-state index contributed by atoms with van der Waals surface area (Å²) in [7, 11) is 0. The molecule has 2 aromatic carbocycles. The van der Waals surface area contributed by atoms with Crippen molar-refractivity contribution < 1.29 is 24.7 Å². The Labute approximate surface area is 167 Å². The third-order valence-corrected chi connectivity index (χ3v) is 8.24. The maximum absolute atomic E-state index is 2.55. The molecule has 1 unspecified atom stereocenters. The average Bonchev–Trinajstić information content (AvgIpc) is 2.94. The second-order valence-electron chi connectivity index (χ2n) is 7.90. The van der Waals surface area contributed by atoms with Crippen LogP contribution in [-0.2, 0) is 31.1 Å². The topological polar surface area (TPSA) is 0 Å². The van der Waals surface area contributed by atoms with E-state index >= 15 is 0 Å². The summed E-state index contributed by atoms with van der Waals surface area (Å²) in [6.45, 7) is 4.61. The van der Waals surface area contributed by atoms with Crippen LogP contribution < -0.4 is 0 Å². The number of hydrogen-bond donors (Lipinski definition) is 0. The number of aryl methyl sites for hydroxylation is 1. The minimum absolute atomic E-state index is 0.617. The molecule has 0 spiro atoms. The van der Waals surface area contributed by atoms with Crippen molar-refractivity contribution in [2.75, 3.05) is 0 Å². The molecule has 25 heavy (non-hydrogen) atoms. The second kappa shape index (κ2) is 6.99. The molecule has 0 amide bonds. The second-order valence-corrected chi connectivity index (χ2v) is 9.31. The Morgan fingerprint density at radius 3 is 2.40 bits per heavy atom.